The van der Waals surface area contributed by atoms with E-state index < -0.39 is 0 Å². The van der Waals surface area contributed by atoms with Gasteiger partial charge in [-0.15, -0.1) is 0 Å². The minimum Gasteiger partial charge on any atom is -0.353 e. The van der Waals surface area contributed by atoms with E-state index in [1.54, 1.807) is 0 Å². The predicted octanol–water partition coefficient (Wildman–Crippen LogP) is 1.93. The zero-order valence-electron chi connectivity index (χ0n) is 11.1. The lowest BCUT2D eigenvalue weighted by Gasteiger charge is -2.29. The summed E-state index contributed by atoms with van der Waals surface area (Å²) in [4.78, 5) is 11.4. The molecule has 2 N–H and O–H groups in total. The molecule has 3 heteroatoms. The summed E-state index contributed by atoms with van der Waals surface area (Å²) in [6.45, 7) is 10.8. The molecule has 0 unspecified atom stereocenters. The second-order valence-electron chi connectivity index (χ2n) is 5.91. The Morgan fingerprint density at radius 2 is 2.00 bits per heavy atom. The summed E-state index contributed by atoms with van der Waals surface area (Å²) in [5.41, 5.74) is 0.299. The number of hydrogen-bond acceptors (Lipinski definition) is 2. The van der Waals surface area contributed by atoms with E-state index in [1.807, 2.05) is 0 Å². The summed E-state index contributed by atoms with van der Waals surface area (Å²) in [5, 5.41) is 6.37. The van der Waals surface area contributed by atoms with Crippen LogP contribution in [0.25, 0.3) is 0 Å². The number of hydrogen-bond donors (Lipinski definition) is 2. The van der Waals surface area contributed by atoms with Crippen molar-refractivity contribution in [3.63, 3.8) is 0 Å². The SMILES string of the molecule is CC(C)C(C)(C)CNCCC(=O)NC1CC1. The van der Waals surface area contributed by atoms with E-state index in [0.717, 1.165) is 13.1 Å². The first-order chi connectivity index (χ1) is 7.42. The maximum Gasteiger partial charge on any atom is 0.221 e. The van der Waals surface area contributed by atoms with Gasteiger partial charge in [-0.3, -0.25) is 4.79 Å². The van der Waals surface area contributed by atoms with Gasteiger partial charge >= 0.3 is 0 Å². The fourth-order valence-corrected chi connectivity index (χ4v) is 1.34. The summed E-state index contributed by atoms with van der Waals surface area (Å²) in [5.74, 6) is 0.845. The van der Waals surface area contributed by atoms with E-state index in [1.165, 1.54) is 12.8 Å². The molecule has 0 radical (unpaired) electrons. The maximum absolute atomic E-state index is 11.4. The highest BCUT2D eigenvalue weighted by Crippen LogP contribution is 2.24. The third-order valence-electron chi connectivity index (χ3n) is 3.61. The van der Waals surface area contributed by atoms with Gasteiger partial charge in [0.25, 0.3) is 0 Å². The average Bonchev–Trinajstić information content (AvgIpc) is 2.96. The van der Waals surface area contributed by atoms with Gasteiger partial charge in [0, 0.05) is 25.6 Å². The van der Waals surface area contributed by atoms with Crippen molar-refractivity contribution in [2.45, 2.75) is 53.0 Å². The molecule has 1 aliphatic carbocycles. The summed E-state index contributed by atoms with van der Waals surface area (Å²) in [7, 11) is 0. The molecular formula is C13H26N2O. The molecule has 0 saturated heterocycles. The Morgan fingerprint density at radius 3 is 2.50 bits per heavy atom. The topological polar surface area (TPSA) is 41.1 Å². The molecule has 0 aromatic rings. The van der Waals surface area contributed by atoms with E-state index in [9.17, 15) is 4.79 Å². The van der Waals surface area contributed by atoms with Crippen molar-refractivity contribution in [3.05, 3.63) is 0 Å². The van der Waals surface area contributed by atoms with Crippen LogP contribution in [0.5, 0.6) is 0 Å². The quantitative estimate of drug-likeness (QED) is 0.651. The highest BCUT2D eigenvalue weighted by atomic mass is 16.1. The third-order valence-corrected chi connectivity index (χ3v) is 3.61. The molecule has 0 spiro atoms. The van der Waals surface area contributed by atoms with Gasteiger partial charge in [0.1, 0.15) is 0 Å². The fourth-order valence-electron chi connectivity index (χ4n) is 1.34. The smallest absolute Gasteiger partial charge is 0.221 e. The molecule has 1 saturated carbocycles. The predicted molar refractivity (Wildman–Crippen MR) is 67.3 cm³/mol. The molecule has 0 aliphatic heterocycles. The second kappa shape index (κ2) is 5.67. The first-order valence-corrected chi connectivity index (χ1v) is 6.42. The number of rotatable bonds is 7. The number of nitrogens with one attached hydrogen (secondary N) is 2. The molecule has 0 aromatic carbocycles. The highest BCUT2D eigenvalue weighted by molar-refractivity contribution is 5.76. The Balaban J connectivity index is 2.04. The van der Waals surface area contributed by atoms with Crippen molar-refractivity contribution < 1.29 is 4.79 Å². The lowest BCUT2D eigenvalue weighted by atomic mass is 9.81. The van der Waals surface area contributed by atoms with Gasteiger partial charge in [-0.2, -0.15) is 0 Å². The molecule has 0 aromatic heterocycles. The molecule has 1 aliphatic rings. The molecule has 0 heterocycles. The van der Waals surface area contributed by atoms with Gasteiger partial charge in [-0.05, 0) is 24.2 Å². The van der Waals surface area contributed by atoms with Crippen LogP contribution >= 0.6 is 0 Å². The van der Waals surface area contributed by atoms with Crippen LogP contribution in [0, 0.1) is 11.3 Å². The lowest BCUT2D eigenvalue weighted by molar-refractivity contribution is -0.121. The zero-order chi connectivity index (χ0) is 12.2. The monoisotopic (exact) mass is 226 g/mol. The first kappa shape index (κ1) is 13.5. The lowest BCUT2D eigenvalue weighted by Crippen LogP contribution is -2.36. The molecule has 94 valence electrons. The molecule has 3 nitrogen and oxygen atoms in total. The largest absolute Gasteiger partial charge is 0.353 e. The Hall–Kier alpha value is -0.570. The maximum atomic E-state index is 11.4. The van der Waals surface area contributed by atoms with E-state index >= 15 is 0 Å². The van der Waals surface area contributed by atoms with Crippen LogP contribution in [0.2, 0.25) is 0 Å². The first-order valence-electron chi connectivity index (χ1n) is 6.42. The molecular weight excluding hydrogens is 200 g/mol. The molecule has 1 rings (SSSR count). The van der Waals surface area contributed by atoms with Crippen molar-refractivity contribution in [1.82, 2.24) is 10.6 Å². The van der Waals surface area contributed by atoms with E-state index in [4.69, 9.17) is 0 Å². The molecule has 16 heavy (non-hydrogen) atoms. The Labute approximate surface area is 99.4 Å². The molecule has 0 bridgehead atoms. The Bertz CT molecular complexity index is 232. The van der Waals surface area contributed by atoms with Crippen LogP contribution in [0.4, 0.5) is 0 Å². The van der Waals surface area contributed by atoms with Crippen LogP contribution in [-0.4, -0.2) is 25.0 Å². The standard InChI is InChI=1S/C13H26N2O/c1-10(2)13(3,4)9-14-8-7-12(16)15-11-5-6-11/h10-11,14H,5-9H2,1-4H3,(H,15,16). The minimum absolute atomic E-state index is 0.192. The highest BCUT2D eigenvalue weighted by Gasteiger charge is 2.23. The normalized spacial score (nSPS) is 16.6. The van der Waals surface area contributed by atoms with E-state index in [0.29, 0.717) is 23.8 Å². The second-order valence-corrected chi connectivity index (χ2v) is 5.91. The van der Waals surface area contributed by atoms with Gasteiger partial charge < -0.3 is 10.6 Å². The summed E-state index contributed by atoms with van der Waals surface area (Å²) in [6.07, 6.45) is 2.93. The van der Waals surface area contributed by atoms with Crippen molar-refractivity contribution in [2.24, 2.45) is 11.3 Å². The van der Waals surface area contributed by atoms with Crippen LogP contribution in [0.1, 0.15) is 47.0 Å². The number of carbonyl (C=O) groups is 1. The van der Waals surface area contributed by atoms with Gasteiger partial charge in [-0.25, -0.2) is 0 Å². The van der Waals surface area contributed by atoms with E-state index in [2.05, 4.69) is 38.3 Å². The van der Waals surface area contributed by atoms with Crippen LogP contribution in [-0.2, 0) is 4.79 Å². The van der Waals surface area contributed by atoms with Gasteiger partial charge in [0.2, 0.25) is 5.91 Å². The van der Waals surface area contributed by atoms with Crippen LogP contribution in [0.3, 0.4) is 0 Å². The third kappa shape index (κ3) is 4.97. The molecule has 0 atom stereocenters. The number of carbonyl (C=O) groups excluding carboxylic acids is 1. The molecule has 1 amide bonds. The van der Waals surface area contributed by atoms with Crippen molar-refractivity contribution >= 4 is 5.91 Å². The number of amides is 1. The van der Waals surface area contributed by atoms with Crippen LogP contribution in [0.15, 0.2) is 0 Å². The summed E-state index contributed by atoms with van der Waals surface area (Å²) < 4.78 is 0. The van der Waals surface area contributed by atoms with Gasteiger partial charge in [-0.1, -0.05) is 27.7 Å². The zero-order valence-corrected chi connectivity index (χ0v) is 11.1. The fraction of sp³-hybridized carbons (Fsp3) is 0.923. The average molecular weight is 226 g/mol. The minimum atomic E-state index is 0.192. The van der Waals surface area contributed by atoms with Crippen molar-refractivity contribution in [2.75, 3.05) is 13.1 Å². The Morgan fingerprint density at radius 1 is 1.38 bits per heavy atom. The van der Waals surface area contributed by atoms with Crippen LogP contribution < -0.4 is 10.6 Å². The van der Waals surface area contributed by atoms with Gasteiger partial charge in [0.15, 0.2) is 0 Å². The molecule has 1 fully saturated rings. The summed E-state index contributed by atoms with van der Waals surface area (Å²) >= 11 is 0. The van der Waals surface area contributed by atoms with Crippen molar-refractivity contribution in [3.8, 4) is 0 Å². The van der Waals surface area contributed by atoms with Crippen molar-refractivity contribution in [1.29, 1.82) is 0 Å². The summed E-state index contributed by atoms with van der Waals surface area (Å²) in [6, 6.07) is 0.486. The van der Waals surface area contributed by atoms with E-state index in [-0.39, 0.29) is 5.91 Å². The Kier molecular flexibility index (Phi) is 4.78. The van der Waals surface area contributed by atoms with Gasteiger partial charge in [0.05, 0.1) is 0 Å².